The molecule has 0 bridgehead atoms. The quantitative estimate of drug-likeness (QED) is 0.173. The molecule has 40 heavy (non-hydrogen) atoms. The predicted octanol–water partition coefficient (Wildman–Crippen LogP) is 7.85. The van der Waals surface area contributed by atoms with E-state index in [1.54, 1.807) is 11.8 Å². The van der Waals surface area contributed by atoms with Crippen LogP contribution in [-0.4, -0.2) is 25.2 Å². The Labute approximate surface area is 243 Å². The first-order valence-corrected chi connectivity index (χ1v) is 15.2. The fourth-order valence-corrected chi connectivity index (χ4v) is 7.57. The third-order valence-electron chi connectivity index (χ3n) is 7.49. The van der Waals surface area contributed by atoms with Crippen molar-refractivity contribution in [3.63, 3.8) is 0 Å². The van der Waals surface area contributed by atoms with E-state index in [4.69, 9.17) is 5.11 Å². The molecule has 2 aliphatic heterocycles. The van der Waals surface area contributed by atoms with Crippen molar-refractivity contribution >= 4 is 63.9 Å². The van der Waals surface area contributed by atoms with E-state index < -0.39 is 5.97 Å². The van der Waals surface area contributed by atoms with Gasteiger partial charge in [-0.3, -0.25) is 4.79 Å². The number of benzene rings is 3. The van der Waals surface area contributed by atoms with Crippen molar-refractivity contribution in [2.75, 3.05) is 23.9 Å². The number of carboxylic acid groups (broad SMARTS) is 1. The number of thioether (sulfide) groups is 2. The summed E-state index contributed by atoms with van der Waals surface area (Å²) < 4.78 is 2.41. The van der Waals surface area contributed by atoms with Gasteiger partial charge in [0.15, 0.2) is 0 Å². The minimum Gasteiger partial charge on any atom is -0.481 e. The second-order valence-electron chi connectivity index (χ2n) is 10.1. The lowest BCUT2D eigenvalue weighted by Gasteiger charge is -2.15. The van der Waals surface area contributed by atoms with Gasteiger partial charge < -0.3 is 14.9 Å². The SMILES string of the molecule is CN1/C(=C/c2cc(/C=C3/Sc4ccccc4N3C)[n+](CCCCCC(=O)O)c3ccccc23)Sc2ccccc21. The van der Waals surface area contributed by atoms with E-state index in [9.17, 15) is 4.79 Å². The van der Waals surface area contributed by atoms with E-state index in [1.807, 2.05) is 11.8 Å². The highest BCUT2D eigenvalue weighted by Crippen LogP contribution is 2.47. The smallest absolute Gasteiger partial charge is 0.303 e. The van der Waals surface area contributed by atoms with Gasteiger partial charge in [-0.25, -0.2) is 0 Å². The lowest BCUT2D eigenvalue weighted by Crippen LogP contribution is -2.38. The Morgan fingerprint density at radius 1 is 0.800 bits per heavy atom. The van der Waals surface area contributed by atoms with Crippen molar-refractivity contribution in [2.45, 2.75) is 42.0 Å². The van der Waals surface area contributed by atoms with Crippen LogP contribution in [-0.2, 0) is 11.3 Å². The fraction of sp³-hybridized carbons (Fsp3) is 0.212. The fourth-order valence-electron chi connectivity index (χ4n) is 5.37. The average Bonchev–Trinajstić information content (AvgIpc) is 3.45. The van der Waals surface area contributed by atoms with E-state index in [1.165, 1.54) is 47.7 Å². The molecule has 5 nitrogen and oxygen atoms in total. The van der Waals surface area contributed by atoms with Crippen molar-refractivity contribution in [1.82, 2.24) is 0 Å². The zero-order valence-corrected chi connectivity index (χ0v) is 24.3. The molecule has 0 unspecified atom stereocenters. The Morgan fingerprint density at radius 2 is 1.40 bits per heavy atom. The molecule has 6 rings (SSSR count). The first-order valence-electron chi connectivity index (χ1n) is 13.6. The van der Waals surface area contributed by atoms with E-state index in [-0.39, 0.29) is 6.42 Å². The van der Waals surface area contributed by atoms with Crippen LogP contribution >= 0.6 is 23.5 Å². The summed E-state index contributed by atoms with van der Waals surface area (Å²) in [5, 5.41) is 12.7. The van der Waals surface area contributed by atoms with Crippen LogP contribution in [0.3, 0.4) is 0 Å². The van der Waals surface area contributed by atoms with E-state index in [0.29, 0.717) is 6.42 Å². The number of nitrogens with zero attached hydrogens (tertiary/aromatic N) is 3. The van der Waals surface area contributed by atoms with Crippen molar-refractivity contribution in [3.05, 3.63) is 100 Å². The summed E-state index contributed by atoms with van der Waals surface area (Å²) in [5.74, 6) is -0.723. The first kappa shape index (κ1) is 26.5. The van der Waals surface area contributed by atoms with Gasteiger partial charge in [-0.2, -0.15) is 4.57 Å². The topological polar surface area (TPSA) is 47.7 Å². The number of unbranched alkanes of at least 4 members (excludes halogenated alkanes) is 2. The van der Waals surface area contributed by atoms with E-state index in [2.05, 4.69) is 119 Å². The van der Waals surface area contributed by atoms with Crippen molar-refractivity contribution < 1.29 is 14.5 Å². The third kappa shape index (κ3) is 5.23. The monoisotopic (exact) mass is 566 g/mol. The number of para-hydroxylation sites is 3. The van der Waals surface area contributed by atoms with E-state index >= 15 is 0 Å². The lowest BCUT2D eigenvalue weighted by molar-refractivity contribution is -0.673. The molecule has 0 spiro atoms. The Bertz CT molecular complexity index is 1660. The van der Waals surface area contributed by atoms with Crippen molar-refractivity contribution in [2.24, 2.45) is 0 Å². The number of carbonyl (C=O) groups is 1. The molecule has 1 aromatic heterocycles. The minimum absolute atomic E-state index is 0.224. The molecule has 0 radical (unpaired) electrons. The zero-order valence-electron chi connectivity index (χ0n) is 22.7. The summed E-state index contributed by atoms with van der Waals surface area (Å²) in [7, 11) is 4.27. The summed E-state index contributed by atoms with van der Waals surface area (Å²) in [5.41, 5.74) is 5.99. The van der Waals surface area contributed by atoms with Crippen LogP contribution in [0.1, 0.15) is 36.9 Å². The molecule has 2 aliphatic rings. The number of carboxylic acids is 1. The van der Waals surface area contributed by atoms with Gasteiger partial charge in [0.2, 0.25) is 11.2 Å². The zero-order chi connectivity index (χ0) is 27.6. The molecule has 3 aromatic carbocycles. The number of aromatic nitrogens is 1. The van der Waals surface area contributed by atoms with Gasteiger partial charge >= 0.3 is 5.97 Å². The molecule has 0 atom stereocenters. The van der Waals surface area contributed by atoms with Crippen LogP contribution in [0.5, 0.6) is 0 Å². The van der Waals surface area contributed by atoms with Crippen LogP contribution in [0.25, 0.3) is 23.1 Å². The average molecular weight is 567 g/mol. The van der Waals surface area contributed by atoms with Gasteiger partial charge in [-0.1, -0.05) is 59.9 Å². The molecule has 4 aromatic rings. The Hall–Kier alpha value is -3.68. The Kier molecular flexibility index (Phi) is 7.59. The van der Waals surface area contributed by atoms with Gasteiger partial charge in [0.1, 0.15) is 6.54 Å². The highest BCUT2D eigenvalue weighted by atomic mass is 32.2. The highest BCUT2D eigenvalue weighted by Gasteiger charge is 2.26. The highest BCUT2D eigenvalue weighted by molar-refractivity contribution is 8.04. The Balaban J connectivity index is 1.43. The minimum atomic E-state index is -0.723. The maximum Gasteiger partial charge on any atom is 0.303 e. The van der Waals surface area contributed by atoms with Crippen LogP contribution in [0.4, 0.5) is 11.4 Å². The number of rotatable bonds is 8. The first-order chi connectivity index (χ1) is 19.5. The summed E-state index contributed by atoms with van der Waals surface area (Å²) in [4.78, 5) is 18.1. The number of pyridine rings is 1. The lowest BCUT2D eigenvalue weighted by atomic mass is 10.1. The molecule has 3 heterocycles. The largest absolute Gasteiger partial charge is 0.481 e. The third-order valence-corrected chi connectivity index (χ3v) is 9.82. The Morgan fingerprint density at radius 3 is 2.05 bits per heavy atom. The molecule has 0 saturated carbocycles. The summed E-state index contributed by atoms with van der Waals surface area (Å²) in [6.07, 6.45) is 7.35. The number of aryl methyl sites for hydroxylation is 1. The standard InChI is InChI=1S/C33H31N3O2S2/c1-34-27-14-7-9-16-29(27)39-31(34)21-23-20-24(22-32-35(2)28-15-8-10-17-30(28)40-32)36(19-11-3-4-18-33(37)38)26-13-6-5-12-25(23)26/h5-10,12-17,20-22H,3-4,11,18-19H2,1-2H3/p+1. The van der Waals surface area contributed by atoms with Gasteiger partial charge in [-0.05, 0) is 54.8 Å². The number of hydrogen-bond donors (Lipinski definition) is 1. The number of fused-ring (bicyclic) bond motifs is 3. The molecule has 1 N–H and O–H groups in total. The van der Waals surface area contributed by atoms with Gasteiger partial charge in [0.25, 0.3) is 0 Å². The maximum absolute atomic E-state index is 11.0. The predicted molar refractivity (Wildman–Crippen MR) is 168 cm³/mol. The van der Waals surface area contributed by atoms with Crippen LogP contribution in [0.2, 0.25) is 0 Å². The number of anilines is 2. The molecule has 7 heteroatoms. The molecular weight excluding hydrogens is 535 g/mol. The molecule has 202 valence electrons. The second kappa shape index (κ2) is 11.4. The maximum atomic E-state index is 11.0. The van der Waals surface area contributed by atoms with E-state index in [0.717, 1.165) is 25.1 Å². The second-order valence-corrected chi connectivity index (χ2v) is 12.2. The summed E-state index contributed by atoms with van der Waals surface area (Å²) in [6, 6.07) is 28.0. The molecule has 0 amide bonds. The van der Waals surface area contributed by atoms with Gasteiger partial charge in [0, 0.05) is 54.9 Å². The summed E-state index contributed by atoms with van der Waals surface area (Å²) >= 11 is 3.61. The molecule has 0 saturated heterocycles. The van der Waals surface area contributed by atoms with Crippen molar-refractivity contribution in [1.29, 1.82) is 0 Å². The number of hydrogen-bond acceptors (Lipinski definition) is 5. The molecule has 0 aliphatic carbocycles. The number of aliphatic carboxylic acids is 1. The van der Waals surface area contributed by atoms with Gasteiger partial charge in [0.05, 0.1) is 26.8 Å². The van der Waals surface area contributed by atoms with Gasteiger partial charge in [-0.15, -0.1) is 0 Å². The van der Waals surface area contributed by atoms with Crippen LogP contribution < -0.4 is 14.4 Å². The molecule has 0 fully saturated rings. The van der Waals surface area contributed by atoms with Crippen LogP contribution in [0.15, 0.2) is 98.7 Å². The van der Waals surface area contributed by atoms with Crippen LogP contribution in [0, 0.1) is 0 Å². The normalized spacial score (nSPS) is 16.2. The molecular formula is C33H32N3O2S2+. The summed E-state index contributed by atoms with van der Waals surface area (Å²) in [6.45, 7) is 0.831. The van der Waals surface area contributed by atoms with Crippen molar-refractivity contribution in [3.8, 4) is 0 Å².